The molecule has 1 aromatic heterocycles. The maximum atomic E-state index is 11.4. The first-order valence-electron chi connectivity index (χ1n) is 3.54. The Morgan fingerprint density at radius 2 is 2.46 bits per heavy atom. The van der Waals surface area contributed by atoms with Crippen molar-refractivity contribution in [1.29, 1.82) is 0 Å². The summed E-state index contributed by atoms with van der Waals surface area (Å²) in [5.74, 6) is 0. The van der Waals surface area contributed by atoms with Crippen LogP contribution in [0.4, 0.5) is 5.13 Å². The van der Waals surface area contributed by atoms with Crippen molar-refractivity contribution in [3.63, 3.8) is 0 Å². The van der Waals surface area contributed by atoms with Crippen LogP contribution in [0.2, 0.25) is 0 Å². The number of aromatic nitrogens is 2. The van der Waals surface area contributed by atoms with Crippen LogP contribution in [0.5, 0.6) is 0 Å². The molecule has 1 unspecified atom stereocenters. The van der Waals surface area contributed by atoms with Gasteiger partial charge >= 0.3 is 0 Å². The Morgan fingerprint density at radius 3 is 2.92 bits per heavy atom. The number of hydrogen-bond acceptors (Lipinski definition) is 6. The van der Waals surface area contributed by atoms with E-state index in [1.807, 2.05) is 0 Å². The van der Waals surface area contributed by atoms with Crippen molar-refractivity contribution in [2.45, 2.75) is 12.2 Å². The van der Waals surface area contributed by atoms with Crippen LogP contribution in [0.25, 0.3) is 0 Å². The van der Waals surface area contributed by atoms with E-state index in [-0.39, 0.29) is 11.7 Å². The van der Waals surface area contributed by atoms with Crippen molar-refractivity contribution in [2.75, 3.05) is 11.3 Å². The number of nitrogens with two attached hydrogens (primary N) is 1. The average molecular weight is 222 g/mol. The molecule has 13 heavy (non-hydrogen) atoms. The molecule has 74 valence electrons. The van der Waals surface area contributed by atoms with Crippen LogP contribution in [-0.2, 0) is 10.0 Å². The summed E-state index contributed by atoms with van der Waals surface area (Å²) in [6, 6.07) is 0. The summed E-state index contributed by atoms with van der Waals surface area (Å²) < 4.78 is 25.0. The van der Waals surface area contributed by atoms with Crippen LogP contribution in [-0.4, -0.2) is 30.4 Å². The molecule has 0 aromatic carbocycles. The summed E-state index contributed by atoms with van der Waals surface area (Å²) in [6.07, 6.45) is 0. The second-order valence-electron chi connectivity index (χ2n) is 2.44. The van der Waals surface area contributed by atoms with E-state index in [1.165, 1.54) is 12.4 Å². The van der Waals surface area contributed by atoms with E-state index in [0.717, 1.165) is 11.3 Å². The molecule has 0 aliphatic heterocycles. The Hall–Kier alpha value is -0.730. The SMILES string of the molecule is CC(CN)S(=O)(=O)Nc1nncs1. The van der Waals surface area contributed by atoms with E-state index in [0.29, 0.717) is 0 Å². The van der Waals surface area contributed by atoms with Crippen LogP contribution < -0.4 is 10.5 Å². The standard InChI is InChI=1S/C5H10N4O2S2/c1-4(2-6)13(10,11)9-5-8-7-3-12-5/h3-4H,2,6H2,1H3,(H,8,9). The maximum Gasteiger partial charge on any atom is 0.238 e. The molecule has 0 radical (unpaired) electrons. The molecule has 1 atom stereocenters. The lowest BCUT2D eigenvalue weighted by atomic mass is 10.5. The van der Waals surface area contributed by atoms with Gasteiger partial charge in [-0.2, -0.15) is 0 Å². The molecular formula is C5H10N4O2S2. The van der Waals surface area contributed by atoms with E-state index in [1.54, 1.807) is 0 Å². The first-order valence-corrected chi connectivity index (χ1v) is 5.96. The lowest BCUT2D eigenvalue weighted by Crippen LogP contribution is -2.31. The molecule has 1 heterocycles. The summed E-state index contributed by atoms with van der Waals surface area (Å²) in [5.41, 5.74) is 6.68. The van der Waals surface area contributed by atoms with Gasteiger partial charge in [0.25, 0.3) is 0 Å². The Kier molecular flexibility index (Phi) is 3.17. The van der Waals surface area contributed by atoms with Gasteiger partial charge in [0.1, 0.15) is 5.51 Å². The van der Waals surface area contributed by atoms with Crippen molar-refractivity contribution in [3.8, 4) is 0 Å². The van der Waals surface area contributed by atoms with Gasteiger partial charge in [-0.15, -0.1) is 10.2 Å². The molecule has 1 rings (SSSR count). The van der Waals surface area contributed by atoms with Crippen LogP contribution >= 0.6 is 11.3 Å². The van der Waals surface area contributed by atoms with Gasteiger partial charge in [-0.25, -0.2) is 8.42 Å². The van der Waals surface area contributed by atoms with Gasteiger partial charge < -0.3 is 5.73 Å². The fraction of sp³-hybridized carbons (Fsp3) is 0.600. The molecular weight excluding hydrogens is 212 g/mol. The van der Waals surface area contributed by atoms with Crippen LogP contribution in [0.3, 0.4) is 0 Å². The van der Waals surface area contributed by atoms with E-state index in [9.17, 15) is 8.42 Å². The third kappa shape index (κ3) is 2.61. The van der Waals surface area contributed by atoms with Gasteiger partial charge in [-0.3, -0.25) is 4.72 Å². The van der Waals surface area contributed by atoms with E-state index in [2.05, 4.69) is 14.9 Å². The zero-order valence-corrected chi connectivity index (χ0v) is 8.60. The van der Waals surface area contributed by atoms with Crippen molar-refractivity contribution in [1.82, 2.24) is 10.2 Å². The first kappa shape index (κ1) is 10.4. The predicted octanol–water partition coefficient (Wildman–Crippen LogP) is -0.373. The normalized spacial score (nSPS) is 14.0. The van der Waals surface area contributed by atoms with Gasteiger partial charge in [-0.05, 0) is 6.92 Å². The van der Waals surface area contributed by atoms with E-state index in [4.69, 9.17) is 5.73 Å². The zero-order chi connectivity index (χ0) is 9.90. The molecule has 1 aromatic rings. The number of nitrogens with one attached hydrogen (secondary N) is 1. The Balaban J connectivity index is 2.74. The summed E-state index contributed by atoms with van der Waals surface area (Å²) in [5, 5.41) is 6.69. The number of hydrogen-bond donors (Lipinski definition) is 2. The Morgan fingerprint density at radius 1 is 1.77 bits per heavy atom. The smallest absolute Gasteiger partial charge is 0.238 e. The molecule has 0 spiro atoms. The molecule has 0 aliphatic rings. The van der Waals surface area contributed by atoms with Crippen molar-refractivity contribution in [2.24, 2.45) is 5.73 Å². The summed E-state index contributed by atoms with van der Waals surface area (Å²) in [4.78, 5) is 0. The number of anilines is 1. The molecule has 0 aliphatic carbocycles. The quantitative estimate of drug-likeness (QED) is 0.724. The lowest BCUT2D eigenvalue weighted by Gasteiger charge is -2.09. The van der Waals surface area contributed by atoms with Crippen LogP contribution in [0.15, 0.2) is 5.51 Å². The molecule has 0 saturated heterocycles. The fourth-order valence-corrected chi connectivity index (χ4v) is 2.13. The minimum Gasteiger partial charge on any atom is -0.329 e. The second-order valence-corrected chi connectivity index (χ2v) is 5.37. The second kappa shape index (κ2) is 3.99. The monoisotopic (exact) mass is 222 g/mol. The first-order chi connectivity index (χ1) is 6.06. The van der Waals surface area contributed by atoms with Gasteiger partial charge in [-0.1, -0.05) is 11.3 Å². The van der Waals surface area contributed by atoms with Gasteiger partial charge in [0, 0.05) is 6.54 Å². The minimum atomic E-state index is -3.40. The Labute approximate surface area is 80.2 Å². The largest absolute Gasteiger partial charge is 0.329 e. The zero-order valence-electron chi connectivity index (χ0n) is 6.97. The van der Waals surface area contributed by atoms with Crippen molar-refractivity contribution in [3.05, 3.63) is 5.51 Å². The predicted molar refractivity (Wildman–Crippen MR) is 51.0 cm³/mol. The van der Waals surface area contributed by atoms with Crippen LogP contribution in [0.1, 0.15) is 6.92 Å². The topological polar surface area (TPSA) is 98.0 Å². The highest BCUT2D eigenvalue weighted by Crippen LogP contribution is 2.12. The highest BCUT2D eigenvalue weighted by Gasteiger charge is 2.19. The molecule has 0 saturated carbocycles. The van der Waals surface area contributed by atoms with Crippen molar-refractivity contribution >= 4 is 26.5 Å². The van der Waals surface area contributed by atoms with Gasteiger partial charge in [0.05, 0.1) is 5.25 Å². The number of sulfonamides is 1. The third-order valence-corrected chi connectivity index (χ3v) is 3.92. The molecule has 8 heteroatoms. The third-order valence-electron chi connectivity index (χ3n) is 1.45. The average Bonchev–Trinajstić information content (AvgIpc) is 2.54. The maximum absolute atomic E-state index is 11.4. The molecule has 6 nitrogen and oxygen atoms in total. The lowest BCUT2D eigenvalue weighted by molar-refractivity contribution is 0.589. The van der Waals surface area contributed by atoms with Crippen molar-refractivity contribution < 1.29 is 8.42 Å². The van der Waals surface area contributed by atoms with E-state index >= 15 is 0 Å². The molecule has 3 N–H and O–H groups in total. The summed E-state index contributed by atoms with van der Waals surface area (Å²) >= 11 is 1.12. The molecule has 0 fully saturated rings. The van der Waals surface area contributed by atoms with E-state index < -0.39 is 15.3 Å². The highest BCUT2D eigenvalue weighted by molar-refractivity contribution is 7.93. The summed E-state index contributed by atoms with van der Waals surface area (Å²) in [6.45, 7) is 1.61. The summed E-state index contributed by atoms with van der Waals surface area (Å²) in [7, 11) is -3.40. The molecule has 0 amide bonds. The Bertz CT molecular complexity index is 347. The van der Waals surface area contributed by atoms with Gasteiger partial charge in [0.2, 0.25) is 15.2 Å². The molecule has 0 bridgehead atoms. The van der Waals surface area contributed by atoms with Gasteiger partial charge in [0.15, 0.2) is 0 Å². The number of rotatable bonds is 4. The number of nitrogens with zero attached hydrogens (tertiary/aromatic N) is 2. The minimum absolute atomic E-state index is 0.0775. The fourth-order valence-electron chi connectivity index (χ4n) is 0.567. The highest BCUT2D eigenvalue weighted by atomic mass is 32.2. The van der Waals surface area contributed by atoms with Crippen LogP contribution in [0, 0.1) is 0 Å².